The monoisotopic (exact) mass is 354 g/mol. The number of ether oxygens (including phenoxy) is 1. The lowest BCUT2D eigenvalue weighted by atomic mass is 10.3. The molecule has 1 heterocycles. The summed E-state index contributed by atoms with van der Waals surface area (Å²) in [6.07, 6.45) is 1.68. The normalized spacial score (nSPS) is 10.6. The summed E-state index contributed by atoms with van der Waals surface area (Å²) < 4.78 is 33.4. The first-order chi connectivity index (χ1) is 11.5. The maximum absolute atomic E-state index is 13.5. The van der Waals surface area contributed by atoms with Crippen LogP contribution in [0.3, 0.4) is 0 Å². The van der Waals surface area contributed by atoms with Crippen LogP contribution in [0, 0.1) is 11.6 Å². The molecule has 0 radical (unpaired) electrons. The van der Waals surface area contributed by atoms with Crippen LogP contribution in [0.1, 0.15) is 5.82 Å². The lowest BCUT2D eigenvalue weighted by molar-refractivity contribution is -0.113. The van der Waals surface area contributed by atoms with Gasteiger partial charge in [0.1, 0.15) is 18.2 Å². The molecule has 0 bridgehead atoms. The average molecular weight is 354 g/mol. The Kier molecular flexibility index (Phi) is 6.44. The molecular weight excluding hydrogens is 338 g/mol. The second kappa shape index (κ2) is 8.55. The molecule has 2 aromatic rings. The number of rotatable bonds is 8. The molecule has 2 rings (SSSR count). The Hall–Kier alpha value is -2.26. The van der Waals surface area contributed by atoms with Crippen LogP contribution in [0.2, 0.25) is 0 Å². The van der Waals surface area contributed by atoms with Crippen LogP contribution >= 0.6 is 11.8 Å². The number of methoxy groups -OCH3 is 1. The van der Waals surface area contributed by atoms with E-state index in [-0.39, 0.29) is 18.0 Å². The van der Waals surface area contributed by atoms with Crippen LogP contribution in [-0.4, -0.2) is 33.5 Å². The minimum absolute atomic E-state index is 0.0296. The molecule has 9 heteroatoms. The molecule has 128 valence electrons. The standard InChI is InChI=1S/C15H16F2N4O2S/c1-3-6-21-13(8-23-2)19-20-15(21)24-9-14(22)18-12-7-10(16)4-5-11(12)17/h3-5,7H,1,6,8-9H2,2H3,(H,18,22). The van der Waals surface area contributed by atoms with Gasteiger partial charge in [-0.3, -0.25) is 4.79 Å². The van der Waals surface area contributed by atoms with Crippen molar-refractivity contribution >= 4 is 23.4 Å². The number of benzene rings is 1. The molecule has 0 fully saturated rings. The number of halogens is 2. The first-order valence-electron chi connectivity index (χ1n) is 6.94. The van der Waals surface area contributed by atoms with E-state index in [4.69, 9.17) is 4.74 Å². The highest BCUT2D eigenvalue weighted by molar-refractivity contribution is 7.99. The van der Waals surface area contributed by atoms with Gasteiger partial charge in [-0.1, -0.05) is 17.8 Å². The number of allylic oxidation sites excluding steroid dienone is 1. The number of carbonyl (C=O) groups is 1. The lowest BCUT2D eigenvalue weighted by Gasteiger charge is -2.08. The number of amides is 1. The van der Waals surface area contributed by atoms with E-state index in [0.717, 1.165) is 30.0 Å². The summed E-state index contributed by atoms with van der Waals surface area (Å²) >= 11 is 1.13. The van der Waals surface area contributed by atoms with Crippen molar-refractivity contribution in [2.45, 2.75) is 18.3 Å². The Labute approximate surface area is 141 Å². The molecule has 0 aliphatic carbocycles. The molecule has 1 aromatic heterocycles. The summed E-state index contributed by atoms with van der Waals surface area (Å²) in [5.41, 5.74) is -0.201. The molecule has 0 spiro atoms. The Bertz CT molecular complexity index is 736. The van der Waals surface area contributed by atoms with Crippen LogP contribution in [0.5, 0.6) is 0 Å². The van der Waals surface area contributed by atoms with Gasteiger partial charge in [-0.2, -0.15) is 0 Å². The van der Waals surface area contributed by atoms with Gasteiger partial charge in [0.05, 0.1) is 11.4 Å². The third-order valence-corrected chi connectivity index (χ3v) is 3.88. The number of carbonyl (C=O) groups excluding carboxylic acids is 1. The van der Waals surface area contributed by atoms with E-state index >= 15 is 0 Å². The quantitative estimate of drug-likeness (QED) is 0.583. The second-order valence-electron chi connectivity index (χ2n) is 4.69. The smallest absolute Gasteiger partial charge is 0.234 e. The summed E-state index contributed by atoms with van der Waals surface area (Å²) in [5.74, 6) is -1.23. The summed E-state index contributed by atoms with van der Waals surface area (Å²) in [4.78, 5) is 11.9. The minimum atomic E-state index is -0.702. The summed E-state index contributed by atoms with van der Waals surface area (Å²) in [6, 6.07) is 2.86. The summed E-state index contributed by atoms with van der Waals surface area (Å²) in [5, 5.41) is 10.8. The SMILES string of the molecule is C=CCn1c(COC)nnc1SCC(=O)Nc1cc(F)ccc1F. The van der Waals surface area contributed by atoms with Crippen molar-refractivity contribution in [3.8, 4) is 0 Å². The number of anilines is 1. The molecule has 0 unspecified atom stereocenters. The lowest BCUT2D eigenvalue weighted by Crippen LogP contribution is -2.16. The van der Waals surface area contributed by atoms with Gasteiger partial charge < -0.3 is 14.6 Å². The number of hydrogen-bond acceptors (Lipinski definition) is 5. The Morgan fingerprint density at radius 2 is 2.25 bits per heavy atom. The second-order valence-corrected chi connectivity index (χ2v) is 5.63. The average Bonchev–Trinajstić information content (AvgIpc) is 2.92. The van der Waals surface area contributed by atoms with E-state index in [1.54, 1.807) is 17.8 Å². The van der Waals surface area contributed by atoms with Gasteiger partial charge in [0.15, 0.2) is 11.0 Å². The van der Waals surface area contributed by atoms with Gasteiger partial charge in [0, 0.05) is 19.7 Å². The summed E-state index contributed by atoms with van der Waals surface area (Å²) in [7, 11) is 1.54. The predicted molar refractivity (Wildman–Crippen MR) is 86.6 cm³/mol. The zero-order valence-corrected chi connectivity index (χ0v) is 13.8. The Morgan fingerprint density at radius 1 is 1.46 bits per heavy atom. The molecule has 0 saturated carbocycles. The summed E-state index contributed by atoms with van der Waals surface area (Å²) in [6.45, 7) is 4.41. The molecule has 24 heavy (non-hydrogen) atoms. The highest BCUT2D eigenvalue weighted by Gasteiger charge is 2.14. The highest BCUT2D eigenvalue weighted by Crippen LogP contribution is 2.19. The third kappa shape index (κ3) is 4.62. The van der Waals surface area contributed by atoms with Gasteiger partial charge >= 0.3 is 0 Å². The van der Waals surface area contributed by atoms with Crippen molar-refractivity contribution < 1.29 is 18.3 Å². The number of hydrogen-bond donors (Lipinski definition) is 1. The predicted octanol–water partition coefficient (Wildman–Crippen LogP) is 2.62. The zero-order chi connectivity index (χ0) is 17.5. The highest BCUT2D eigenvalue weighted by atomic mass is 32.2. The minimum Gasteiger partial charge on any atom is -0.377 e. The van der Waals surface area contributed by atoms with Crippen molar-refractivity contribution in [3.63, 3.8) is 0 Å². The molecule has 1 amide bonds. The molecule has 1 aromatic carbocycles. The van der Waals surface area contributed by atoms with E-state index in [0.29, 0.717) is 17.5 Å². The van der Waals surface area contributed by atoms with E-state index < -0.39 is 17.5 Å². The first kappa shape index (κ1) is 18.1. The van der Waals surface area contributed by atoms with E-state index in [9.17, 15) is 13.6 Å². The van der Waals surface area contributed by atoms with Crippen LogP contribution in [0.4, 0.5) is 14.5 Å². The Morgan fingerprint density at radius 3 is 2.96 bits per heavy atom. The van der Waals surface area contributed by atoms with Gasteiger partial charge in [-0.05, 0) is 12.1 Å². The number of nitrogens with zero attached hydrogens (tertiary/aromatic N) is 3. The van der Waals surface area contributed by atoms with Crippen molar-refractivity contribution in [1.29, 1.82) is 0 Å². The first-order valence-corrected chi connectivity index (χ1v) is 7.93. The fourth-order valence-corrected chi connectivity index (χ4v) is 2.65. The fourth-order valence-electron chi connectivity index (χ4n) is 1.88. The topological polar surface area (TPSA) is 69.0 Å². The van der Waals surface area contributed by atoms with Crippen molar-refractivity contribution in [2.24, 2.45) is 0 Å². The van der Waals surface area contributed by atoms with Gasteiger partial charge in [-0.25, -0.2) is 8.78 Å². The molecule has 1 N–H and O–H groups in total. The third-order valence-electron chi connectivity index (χ3n) is 2.91. The molecule has 6 nitrogen and oxygen atoms in total. The Balaban J connectivity index is 2.01. The molecule has 0 atom stereocenters. The molecule has 0 aliphatic heterocycles. The van der Waals surface area contributed by atoms with Crippen LogP contribution in [0.15, 0.2) is 36.0 Å². The van der Waals surface area contributed by atoms with Gasteiger partial charge in [0.25, 0.3) is 0 Å². The number of nitrogens with one attached hydrogen (secondary N) is 1. The maximum Gasteiger partial charge on any atom is 0.234 e. The number of aromatic nitrogens is 3. The van der Waals surface area contributed by atoms with Crippen LogP contribution in [0.25, 0.3) is 0 Å². The molecule has 0 aliphatic rings. The maximum atomic E-state index is 13.5. The molecular formula is C15H16F2N4O2S. The van der Waals surface area contributed by atoms with E-state index in [2.05, 4.69) is 22.1 Å². The van der Waals surface area contributed by atoms with Crippen LogP contribution in [-0.2, 0) is 22.7 Å². The van der Waals surface area contributed by atoms with Gasteiger partial charge in [-0.15, -0.1) is 16.8 Å². The van der Waals surface area contributed by atoms with E-state index in [1.807, 2.05) is 0 Å². The van der Waals surface area contributed by atoms with Crippen molar-refractivity contribution in [2.75, 3.05) is 18.2 Å². The fraction of sp³-hybridized carbons (Fsp3) is 0.267. The largest absolute Gasteiger partial charge is 0.377 e. The van der Waals surface area contributed by atoms with Crippen molar-refractivity contribution in [3.05, 3.63) is 48.3 Å². The van der Waals surface area contributed by atoms with Gasteiger partial charge in [0.2, 0.25) is 5.91 Å². The number of thioether (sulfide) groups is 1. The zero-order valence-electron chi connectivity index (χ0n) is 13.0. The van der Waals surface area contributed by atoms with E-state index in [1.165, 1.54) is 0 Å². The van der Waals surface area contributed by atoms with Crippen LogP contribution < -0.4 is 5.32 Å². The molecule has 0 saturated heterocycles. The van der Waals surface area contributed by atoms with Crippen molar-refractivity contribution in [1.82, 2.24) is 14.8 Å².